The molecule has 0 N–H and O–H groups in total. The molecule has 0 radical (unpaired) electrons. The highest BCUT2D eigenvalue weighted by molar-refractivity contribution is 5.72. The van der Waals surface area contributed by atoms with Gasteiger partial charge in [0.1, 0.15) is 0 Å². The first-order chi connectivity index (χ1) is 10.8. The van der Waals surface area contributed by atoms with Gasteiger partial charge in [0.2, 0.25) is 0 Å². The summed E-state index contributed by atoms with van der Waals surface area (Å²) in [7, 11) is 0. The molecule has 22 heavy (non-hydrogen) atoms. The fourth-order valence-electron chi connectivity index (χ4n) is 2.31. The summed E-state index contributed by atoms with van der Waals surface area (Å²) < 4.78 is 11.9. The van der Waals surface area contributed by atoms with Gasteiger partial charge in [-0.15, -0.1) is 0 Å². The standard InChI is InChI=1S/C20H30O2/c1-5-9-11-15-21-19-14-13-17(7-3)18(8-4)20(19)22-16-12-10-6-2/h7-8,13-14H,3-6,9-12,15-16H2,1-2H3. The Kier molecular flexibility index (Phi) is 9.13. The Bertz CT molecular complexity index is 463. The van der Waals surface area contributed by atoms with E-state index in [1.807, 2.05) is 24.3 Å². The van der Waals surface area contributed by atoms with E-state index in [0.717, 1.165) is 42.1 Å². The Morgan fingerprint density at radius 3 is 2.05 bits per heavy atom. The minimum atomic E-state index is 0.709. The van der Waals surface area contributed by atoms with Gasteiger partial charge >= 0.3 is 0 Å². The Labute approximate surface area is 135 Å². The van der Waals surface area contributed by atoms with Crippen LogP contribution in [0.15, 0.2) is 25.3 Å². The number of ether oxygens (including phenoxy) is 2. The molecule has 2 heteroatoms. The molecule has 0 atom stereocenters. The second kappa shape index (κ2) is 10.9. The summed E-state index contributed by atoms with van der Waals surface area (Å²) in [5.41, 5.74) is 2.00. The summed E-state index contributed by atoms with van der Waals surface area (Å²) in [6.07, 6.45) is 10.5. The topological polar surface area (TPSA) is 18.5 Å². The van der Waals surface area contributed by atoms with E-state index >= 15 is 0 Å². The molecule has 0 aromatic heterocycles. The van der Waals surface area contributed by atoms with Crippen molar-refractivity contribution in [1.82, 2.24) is 0 Å². The monoisotopic (exact) mass is 302 g/mol. The maximum absolute atomic E-state index is 6.02. The molecular formula is C20H30O2. The summed E-state index contributed by atoms with van der Waals surface area (Å²) >= 11 is 0. The molecule has 0 saturated heterocycles. The van der Waals surface area contributed by atoms with Crippen molar-refractivity contribution >= 4 is 12.2 Å². The van der Waals surface area contributed by atoms with Gasteiger partial charge in [0.05, 0.1) is 13.2 Å². The minimum Gasteiger partial charge on any atom is -0.490 e. The predicted octanol–water partition coefficient (Wildman–Crippen LogP) is 6.11. The van der Waals surface area contributed by atoms with Crippen LogP contribution in [0.3, 0.4) is 0 Å². The van der Waals surface area contributed by atoms with Gasteiger partial charge in [-0.1, -0.05) is 70.9 Å². The summed E-state index contributed by atoms with van der Waals surface area (Å²) in [6, 6.07) is 3.99. The molecule has 0 aliphatic rings. The maximum Gasteiger partial charge on any atom is 0.168 e. The van der Waals surface area contributed by atoms with Gasteiger partial charge in [0, 0.05) is 5.56 Å². The molecule has 0 spiro atoms. The van der Waals surface area contributed by atoms with Gasteiger partial charge in [-0.05, 0) is 24.5 Å². The predicted molar refractivity (Wildman–Crippen MR) is 96.7 cm³/mol. The van der Waals surface area contributed by atoms with Crippen LogP contribution in [0.5, 0.6) is 11.5 Å². The van der Waals surface area contributed by atoms with Gasteiger partial charge in [-0.25, -0.2) is 0 Å². The number of unbranched alkanes of at least 4 members (excludes halogenated alkanes) is 4. The molecule has 0 bridgehead atoms. The number of rotatable bonds is 12. The summed E-state index contributed by atoms with van der Waals surface area (Å²) in [5.74, 6) is 1.62. The van der Waals surface area contributed by atoms with Gasteiger partial charge in [0.15, 0.2) is 11.5 Å². The first-order valence-corrected chi connectivity index (χ1v) is 8.45. The van der Waals surface area contributed by atoms with E-state index in [2.05, 4.69) is 27.0 Å². The quantitative estimate of drug-likeness (QED) is 0.434. The highest BCUT2D eigenvalue weighted by atomic mass is 16.5. The number of hydrogen-bond acceptors (Lipinski definition) is 2. The van der Waals surface area contributed by atoms with E-state index < -0.39 is 0 Å². The Balaban J connectivity index is 2.87. The van der Waals surface area contributed by atoms with Crippen molar-refractivity contribution in [2.75, 3.05) is 13.2 Å². The van der Waals surface area contributed by atoms with Crippen molar-refractivity contribution in [1.29, 1.82) is 0 Å². The molecule has 1 rings (SSSR count). The van der Waals surface area contributed by atoms with Crippen LogP contribution in [0, 0.1) is 0 Å². The van der Waals surface area contributed by atoms with Crippen LogP contribution in [0.2, 0.25) is 0 Å². The minimum absolute atomic E-state index is 0.709. The lowest BCUT2D eigenvalue weighted by atomic mass is 10.1. The highest BCUT2D eigenvalue weighted by Gasteiger charge is 2.12. The van der Waals surface area contributed by atoms with Crippen LogP contribution in [-0.4, -0.2) is 13.2 Å². The SMILES string of the molecule is C=Cc1ccc(OCCCCC)c(OCCCCC)c1C=C. The zero-order valence-electron chi connectivity index (χ0n) is 14.2. The Hall–Kier alpha value is -1.70. The third-order valence-electron chi connectivity index (χ3n) is 3.62. The molecule has 1 aromatic rings. The fourth-order valence-corrected chi connectivity index (χ4v) is 2.31. The van der Waals surface area contributed by atoms with Crippen molar-refractivity contribution in [3.8, 4) is 11.5 Å². The first-order valence-electron chi connectivity index (χ1n) is 8.45. The van der Waals surface area contributed by atoms with Crippen LogP contribution < -0.4 is 9.47 Å². The molecule has 0 aliphatic carbocycles. The highest BCUT2D eigenvalue weighted by Crippen LogP contribution is 2.35. The fraction of sp³-hybridized carbons (Fsp3) is 0.500. The lowest BCUT2D eigenvalue weighted by Gasteiger charge is -2.17. The third-order valence-corrected chi connectivity index (χ3v) is 3.62. The van der Waals surface area contributed by atoms with Crippen LogP contribution in [0.4, 0.5) is 0 Å². The van der Waals surface area contributed by atoms with Crippen molar-refractivity contribution in [3.05, 3.63) is 36.4 Å². The second-order valence-electron chi connectivity index (χ2n) is 5.42. The normalized spacial score (nSPS) is 10.3. The Morgan fingerprint density at radius 2 is 1.50 bits per heavy atom. The van der Waals surface area contributed by atoms with Crippen LogP contribution in [0.1, 0.15) is 63.5 Å². The van der Waals surface area contributed by atoms with Gasteiger partial charge in [-0.3, -0.25) is 0 Å². The number of hydrogen-bond donors (Lipinski definition) is 0. The van der Waals surface area contributed by atoms with Crippen molar-refractivity contribution < 1.29 is 9.47 Å². The van der Waals surface area contributed by atoms with E-state index in [1.54, 1.807) is 0 Å². The zero-order chi connectivity index (χ0) is 16.2. The van der Waals surface area contributed by atoms with Crippen LogP contribution in [-0.2, 0) is 0 Å². The van der Waals surface area contributed by atoms with Crippen LogP contribution >= 0.6 is 0 Å². The molecular weight excluding hydrogens is 272 g/mol. The molecule has 0 aliphatic heterocycles. The average Bonchev–Trinajstić information content (AvgIpc) is 2.55. The lowest BCUT2D eigenvalue weighted by molar-refractivity contribution is 0.259. The molecule has 0 fully saturated rings. The summed E-state index contributed by atoms with van der Waals surface area (Å²) in [5, 5.41) is 0. The van der Waals surface area contributed by atoms with E-state index in [9.17, 15) is 0 Å². The molecule has 1 aromatic carbocycles. The van der Waals surface area contributed by atoms with Gasteiger partial charge in [-0.2, -0.15) is 0 Å². The van der Waals surface area contributed by atoms with E-state index in [0.29, 0.717) is 6.61 Å². The van der Waals surface area contributed by atoms with Crippen molar-refractivity contribution in [2.24, 2.45) is 0 Å². The van der Waals surface area contributed by atoms with E-state index in [1.165, 1.54) is 25.7 Å². The van der Waals surface area contributed by atoms with Crippen LogP contribution in [0.25, 0.3) is 12.2 Å². The smallest absolute Gasteiger partial charge is 0.168 e. The van der Waals surface area contributed by atoms with Crippen molar-refractivity contribution in [3.63, 3.8) is 0 Å². The molecule has 0 saturated carbocycles. The molecule has 0 heterocycles. The lowest BCUT2D eigenvalue weighted by Crippen LogP contribution is -2.04. The third kappa shape index (κ3) is 5.59. The average molecular weight is 302 g/mol. The van der Waals surface area contributed by atoms with E-state index in [-0.39, 0.29) is 0 Å². The molecule has 2 nitrogen and oxygen atoms in total. The van der Waals surface area contributed by atoms with E-state index in [4.69, 9.17) is 9.47 Å². The summed E-state index contributed by atoms with van der Waals surface area (Å²) in [6.45, 7) is 13.6. The number of benzene rings is 1. The first kappa shape index (κ1) is 18.3. The second-order valence-corrected chi connectivity index (χ2v) is 5.42. The Morgan fingerprint density at radius 1 is 0.864 bits per heavy atom. The molecule has 0 unspecified atom stereocenters. The molecule has 0 amide bonds. The van der Waals surface area contributed by atoms with Gasteiger partial charge in [0.25, 0.3) is 0 Å². The largest absolute Gasteiger partial charge is 0.490 e. The summed E-state index contributed by atoms with van der Waals surface area (Å²) in [4.78, 5) is 0. The van der Waals surface area contributed by atoms with Crippen molar-refractivity contribution in [2.45, 2.75) is 52.4 Å². The molecule has 122 valence electrons. The van der Waals surface area contributed by atoms with Gasteiger partial charge < -0.3 is 9.47 Å². The maximum atomic E-state index is 6.02. The zero-order valence-corrected chi connectivity index (χ0v) is 14.2.